The third-order valence-electron chi connectivity index (χ3n) is 3.02. The number of hydrogen-bond acceptors (Lipinski definition) is 2. The number of rotatable bonds is 6. The summed E-state index contributed by atoms with van der Waals surface area (Å²) in [6.45, 7) is 0. The second-order valence-corrected chi connectivity index (χ2v) is 5.71. The Morgan fingerprint density at radius 1 is 1.31 bits per heavy atom. The molecule has 0 bridgehead atoms. The summed E-state index contributed by atoms with van der Waals surface area (Å²) in [5.41, 5.74) is 0. The van der Waals surface area contributed by atoms with E-state index in [-0.39, 0.29) is 12.5 Å². The maximum absolute atomic E-state index is 12.1. The van der Waals surface area contributed by atoms with Gasteiger partial charge in [0.25, 0.3) is 0 Å². The van der Waals surface area contributed by atoms with Gasteiger partial charge in [0.15, 0.2) is 0 Å². The number of halogens is 3. The van der Waals surface area contributed by atoms with Gasteiger partial charge >= 0.3 is 6.18 Å². The van der Waals surface area contributed by atoms with Crippen LogP contribution < -0.4 is 5.32 Å². The maximum atomic E-state index is 12.1. The lowest BCUT2D eigenvalue weighted by molar-refractivity contribution is -0.136. The summed E-state index contributed by atoms with van der Waals surface area (Å²) in [4.78, 5) is 0. The minimum absolute atomic E-state index is 0.00720. The van der Waals surface area contributed by atoms with Crippen LogP contribution in [0.2, 0.25) is 0 Å². The number of thioether (sulfide) groups is 1. The van der Waals surface area contributed by atoms with Gasteiger partial charge < -0.3 is 5.32 Å². The van der Waals surface area contributed by atoms with Gasteiger partial charge in [-0.2, -0.15) is 24.9 Å². The summed E-state index contributed by atoms with van der Waals surface area (Å²) in [6.07, 6.45) is 0.534. The molecule has 0 heterocycles. The smallest absolute Gasteiger partial charge is 0.316 e. The lowest BCUT2D eigenvalue weighted by atomic mass is 10.2. The van der Waals surface area contributed by atoms with Crippen molar-refractivity contribution in [1.82, 2.24) is 5.32 Å². The number of hydrogen-bond donors (Lipinski definition) is 1. The van der Waals surface area contributed by atoms with Crippen LogP contribution in [0.4, 0.5) is 13.2 Å². The Kier molecular flexibility index (Phi) is 5.97. The molecule has 0 aromatic rings. The molecule has 0 aliphatic heterocycles. The first-order chi connectivity index (χ1) is 7.51. The monoisotopic (exact) mass is 255 g/mol. The van der Waals surface area contributed by atoms with Gasteiger partial charge in [-0.15, -0.1) is 0 Å². The fourth-order valence-corrected chi connectivity index (χ4v) is 3.46. The first-order valence-corrected chi connectivity index (χ1v) is 6.92. The molecule has 0 saturated heterocycles. The van der Waals surface area contributed by atoms with E-state index in [2.05, 4.69) is 5.32 Å². The first kappa shape index (κ1) is 14.2. The molecular formula is C11H20F3NS. The van der Waals surface area contributed by atoms with Crippen LogP contribution in [0, 0.1) is 0 Å². The molecule has 1 rings (SSSR count). The Labute approximate surface area is 99.6 Å². The Morgan fingerprint density at radius 2 is 1.94 bits per heavy atom. The third kappa shape index (κ3) is 5.99. The van der Waals surface area contributed by atoms with Crippen LogP contribution in [0.25, 0.3) is 0 Å². The molecule has 1 atom stereocenters. The van der Waals surface area contributed by atoms with Crippen LogP contribution in [0.5, 0.6) is 0 Å². The number of nitrogens with one attached hydrogen (secondary N) is 1. The topological polar surface area (TPSA) is 12.0 Å². The molecule has 1 nitrogen and oxygen atoms in total. The van der Waals surface area contributed by atoms with Crippen molar-refractivity contribution in [2.75, 3.05) is 12.8 Å². The van der Waals surface area contributed by atoms with Crippen molar-refractivity contribution in [3.63, 3.8) is 0 Å². The van der Waals surface area contributed by atoms with Crippen molar-refractivity contribution in [2.24, 2.45) is 0 Å². The molecule has 16 heavy (non-hydrogen) atoms. The minimum Gasteiger partial charge on any atom is -0.316 e. The van der Waals surface area contributed by atoms with Crippen molar-refractivity contribution in [3.05, 3.63) is 0 Å². The van der Waals surface area contributed by atoms with Crippen molar-refractivity contribution >= 4 is 11.8 Å². The van der Waals surface area contributed by atoms with E-state index in [4.69, 9.17) is 0 Å². The van der Waals surface area contributed by atoms with Gasteiger partial charge in [-0.25, -0.2) is 0 Å². The Balaban J connectivity index is 2.15. The summed E-state index contributed by atoms with van der Waals surface area (Å²) in [6, 6.07) is -0.00720. The van der Waals surface area contributed by atoms with Crippen LogP contribution >= 0.6 is 11.8 Å². The predicted octanol–water partition coefficient (Wildman–Crippen LogP) is 3.59. The van der Waals surface area contributed by atoms with Crippen LogP contribution in [0.3, 0.4) is 0 Å². The van der Waals surface area contributed by atoms with Gasteiger partial charge in [0.05, 0.1) is 0 Å². The highest BCUT2D eigenvalue weighted by atomic mass is 32.2. The largest absolute Gasteiger partial charge is 0.389 e. The molecular weight excluding hydrogens is 235 g/mol. The Hall–Kier alpha value is 0.100. The average Bonchev–Trinajstić information content (AvgIpc) is 2.69. The van der Waals surface area contributed by atoms with Crippen molar-refractivity contribution in [3.8, 4) is 0 Å². The lowest BCUT2D eigenvalue weighted by Gasteiger charge is -2.18. The van der Waals surface area contributed by atoms with E-state index in [1.165, 1.54) is 25.7 Å². The highest BCUT2D eigenvalue weighted by molar-refractivity contribution is 7.99. The van der Waals surface area contributed by atoms with E-state index >= 15 is 0 Å². The van der Waals surface area contributed by atoms with Crippen LogP contribution in [-0.2, 0) is 0 Å². The maximum Gasteiger partial charge on any atom is 0.389 e. The predicted molar refractivity (Wildman–Crippen MR) is 62.9 cm³/mol. The van der Waals surface area contributed by atoms with E-state index in [0.29, 0.717) is 5.25 Å². The molecule has 5 heteroatoms. The van der Waals surface area contributed by atoms with Crippen LogP contribution in [-0.4, -0.2) is 30.3 Å². The molecule has 1 N–H and O–H groups in total. The fraction of sp³-hybridized carbons (Fsp3) is 1.00. The van der Waals surface area contributed by atoms with Gasteiger partial charge in [0.2, 0.25) is 0 Å². The summed E-state index contributed by atoms with van der Waals surface area (Å²) in [7, 11) is 1.75. The Morgan fingerprint density at radius 3 is 2.44 bits per heavy atom. The molecule has 1 unspecified atom stereocenters. The quantitative estimate of drug-likeness (QED) is 0.778. The second kappa shape index (κ2) is 6.74. The zero-order chi connectivity index (χ0) is 12.0. The van der Waals surface area contributed by atoms with Crippen molar-refractivity contribution < 1.29 is 13.2 Å². The summed E-state index contributed by atoms with van der Waals surface area (Å²) in [5.74, 6) is 0.803. The summed E-state index contributed by atoms with van der Waals surface area (Å²) < 4.78 is 36.2. The van der Waals surface area contributed by atoms with E-state index in [1.807, 2.05) is 11.8 Å². The fourth-order valence-electron chi connectivity index (χ4n) is 1.96. The summed E-state index contributed by atoms with van der Waals surface area (Å²) >= 11 is 1.84. The van der Waals surface area contributed by atoms with Crippen LogP contribution in [0.1, 0.15) is 38.5 Å². The molecule has 0 amide bonds. The summed E-state index contributed by atoms with van der Waals surface area (Å²) in [5, 5.41) is 3.66. The first-order valence-electron chi connectivity index (χ1n) is 5.87. The van der Waals surface area contributed by atoms with E-state index in [0.717, 1.165) is 5.75 Å². The van der Waals surface area contributed by atoms with Gasteiger partial charge in [-0.1, -0.05) is 12.8 Å². The van der Waals surface area contributed by atoms with Crippen molar-refractivity contribution in [1.29, 1.82) is 0 Å². The second-order valence-electron chi connectivity index (χ2n) is 4.38. The zero-order valence-corrected chi connectivity index (χ0v) is 10.5. The SMILES string of the molecule is CNC(CCC(F)(F)F)CSC1CCCC1. The average molecular weight is 255 g/mol. The molecule has 1 aliphatic rings. The number of alkyl halides is 3. The molecule has 0 aromatic carbocycles. The molecule has 0 spiro atoms. The Bertz CT molecular complexity index is 190. The van der Waals surface area contributed by atoms with E-state index in [1.54, 1.807) is 7.05 Å². The molecule has 96 valence electrons. The molecule has 1 fully saturated rings. The van der Waals surface area contributed by atoms with E-state index < -0.39 is 12.6 Å². The van der Waals surface area contributed by atoms with Gasteiger partial charge in [0, 0.05) is 23.5 Å². The van der Waals surface area contributed by atoms with Gasteiger partial charge in [-0.3, -0.25) is 0 Å². The normalized spacial score (nSPS) is 20.2. The molecule has 1 aliphatic carbocycles. The van der Waals surface area contributed by atoms with Crippen LogP contribution in [0.15, 0.2) is 0 Å². The van der Waals surface area contributed by atoms with Gasteiger partial charge in [0.1, 0.15) is 0 Å². The molecule has 1 saturated carbocycles. The molecule has 0 aromatic heterocycles. The highest BCUT2D eigenvalue weighted by Gasteiger charge is 2.28. The lowest BCUT2D eigenvalue weighted by Crippen LogP contribution is -2.30. The zero-order valence-electron chi connectivity index (χ0n) is 9.65. The molecule has 0 radical (unpaired) electrons. The van der Waals surface area contributed by atoms with Crippen molar-refractivity contribution in [2.45, 2.75) is 56.0 Å². The van der Waals surface area contributed by atoms with Gasteiger partial charge in [-0.05, 0) is 26.3 Å². The minimum atomic E-state index is -4.02. The van der Waals surface area contributed by atoms with E-state index in [9.17, 15) is 13.2 Å². The third-order valence-corrected chi connectivity index (χ3v) is 4.56. The standard InChI is InChI=1S/C11H20F3NS/c1-15-9(6-7-11(12,13)14)8-16-10-4-2-3-5-10/h9-10,15H,2-8H2,1H3. The highest BCUT2D eigenvalue weighted by Crippen LogP contribution is 2.30.